The molecule has 0 amide bonds. The van der Waals surface area contributed by atoms with Gasteiger partial charge in [0, 0.05) is 25.2 Å². The van der Waals surface area contributed by atoms with Gasteiger partial charge in [-0.15, -0.1) is 10.2 Å². The van der Waals surface area contributed by atoms with E-state index in [1.165, 1.54) is 11.1 Å². The molecule has 0 fully saturated rings. The molecule has 4 rings (SSSR count). The molecule has 0 saturated heterocycles. The molecule has 29 heavy (non-hydrogen) atoms. The molecule has 0 spiro atoms. The van der Waals surface area contributed by atoms with E-state index < -0.39 is 0 Å². The van der Waals surface area contributed by atoms with Crippen molar-refractivity contribution in [1.82, 2.24) is 30.0 Å². The first-order chi connectivity index (χ1) is 14.3. The predicted octanol–water partition coefficient (Wildman–Crippen LogP) is 2.77. The largest absolute Gasteiger partial charge is 0.381 e. The van der Waals surface area contributed by atoms with Crippen LogP contribution in [0.4, 0.5) is 0 Å². The van der Waals surface area contributed by atoms with Gasteiger partial charge in [-0.2, -0.15) is 0 Å². The van der Waals surface area contributed by atoms with Gasteiger partial charge in [-0.05, 0) is 11.1 Å². The molecule has 148 valence electrons. The van der Waals surface area contributed by atoms with E-state index in [2.05, 4.69) is 44.9 Å². The van der Waals surface area contributed by atoms with Crippen LogP contribution in [0.1, 0.15) is 22.5 Å². The van der Waals surface area contributed by atoms with Crippen molar-refractivity contribution in [3.8, 4) is 0 Å². The highest BCUT2D eigenvalue weighted by molar-refractivity contribution is 5.15. The second-order valence-electron chi connectivity index (χ2n) is 6.90. The van der Waals surface area contributed by atoms with Gasteiger partial charge in [0.1, 0.15) is 0 Å². The number of ether oxygens (including phenoxy) is 1. The number of hydrogen-bond donors (Lipinski definition) is 0. The summed E-state index contributed by atoms with van der Waals surface area (Å²) in [6, 6.07) is 20.5. The molecule has 0 bridgehead atoms. The molecule has 7 heteroatoms. The van der Waals surface area contributed by atoms with Crippen molar-refractivity contribution in [3.05, 3.63) is 95.6 Å². The Labute approximate surface area is 169 Å². The zero-order valence-electron chi connectivity index (χ0n) is 16.3. The number of benzene rings is 2. The van der Waals surface area contributed by atoms with Crippen molar-refractivity contribution in [2.75, 3.05) is 13.2 Å². The molecule has 0 radical (unpaired) electrons. The lowest BCUT2D eigenvalue weighted by atomic mass is 10.2. The summed E-state index contributed by atoms with van der Waals surface area (Å²) in [4.78, 5) is 0. The SMILES string of the molecule is c1ccc(Cn2cc(CCOCCc3cn(Cc4ccccc4)nn3)nn2)cc1. The highest BCUT2D eigenvalue weighted by Gasteiger charge is 2.04. The van der Waals surface area contributed by atoms with Crippen LogP contribution < -0.4 is 0 Å². The molecule has 0 unspecified atom stereocenters. The lowest BCUT2D eigenvalue weighted by Gasteiger charge is -2.01. The monoisotopic (exact) mass is 388 g/mol. The molecule has 2 aromatic heterocycles. The Bertz CT molecular complexity index is 915. The van der Waals surface area contributed by atoms with Crippen LogP contribution in [0, 0.1) is 0 Å². The van der Waals surface area contributed by atoms with Crippen molar-refractivity contribution < 1.29 is 4.74 Å². The van der Waals surface area contributed by atoms with Gasteiger partial charge >= 0.3 is 0 Å². The minimum Gasteiger partial charge on any atom is -0.381 e. The van der Waals surface area contributed by atoms with E-state index in [1.807, 2.05) is 58.2 Å². The summed E-state index contributed by atoms with van der Waals surface area (Å²) in [6.07, 6.45) is 5.45. The van der Waals surface area contributed by atoms with Crippen LogP contribution in [0.25, 0.3) is 0 Å². The Morgan fingerprint density at radius 1 is 0.621 bits per heavy atom. The van der Waals surface area contributed by atoms with Crippen LogP contribution in [-0.2, 0) is 30.7 Å². The van der Waals surface area contributed by atoms with Crippen LogP contribution in [-0.4, -0.2) is 43.2 Å². The fourth-order valence-corrected chi connectivity index (χ4v) is 3.06. The standard InChI is InChI=1S/C22H24N6O/c1-3-7-19(8-4-1)15-27-17-21(23-25-27)11-13-29-14-12-22-18-28(26-24-22)16-20-9-5-2-6-10-20/h1-10,17-18H,11-16H2. The molecule has 0 atom stereocenters. The van der Waals surface area contributed by atoms with E-state index in [-0.39, 0.29) is 0 Å². The van der Waals surface area contributed by atoms with Crippen LogP contribution in [0.3, 0.4) is 0 Å². The minimum atomic E-state index is 0.613. The lowest BCUT2D eigenvalue weighted by Crippen LogP contribution is -2.03. The summed E-state index contributed by atoms with van der Waals surface area (Å²) in [5.74, 6) is 0. The van der Waals surface area contributed by atoms with Gasteiger partial charge in [0.05, 0.1) is 37.7 Å². The maximum atomic E-state index is 5.74. The number of aromatic nitrogens is 6. The zero-order chi connectivity index (χ0) is 19.7. The third-order valence-corrected chi connectivity index (χ3v) is 4.55. The maximum Gasteiger partial charge on any atom is 0.0850 e. The molecule has 0 aliphatic rings. The topological polar surface area (TPSA) is 70.7 Å². The molecule has 0 aliphatic carbocycles. The quantitative estimate of drug-likeness (QED) is 0.391. The molecule has 2 aromatic carbocycles. The molecule has 7 nitrogen and oxygen atoms in total. The molecule has 0 aliphatic heterocycles. The Balaban J connectivity index is 1.15. The smallest absolute Gasteiger partial charge is 0.0850 e. The Hall–Kier alpha value is -3.32. The van der Waals surface area contributed by atoms with Crippen LogP contribution >= 0.6 is 0 Å². The van der Waals surface area contributed by atoms with Crippen molar-refractivity contribution in [3.63, 3.8) is 0 Å². The number of rotatable bonds is 10. The predicted molar refractivity (Wildman–Crippen MR) is 109 cm³/mol. The summed E-state index contributed by atoms with van der Waals surface area (Å²) in [6.45, 7) is 2.69. The summed E-state index contributed by atoms with van der Waals surface area (Å²) in [5.41, 5.74) is 4.30. The van der Waals surface area contributed by atoms with E-state index in [4.69, 9.17) is 4.74 Å². The Morgan fingerprint density at radius 3 is 1.52 bits per heavy atom. The van der Waals surface area contributed by atoms with E-state index >= 15 is 0 Å². The average molecular weight is 388 g/mol. The molecular weight excluding hydrogens is 364 g/mol. The fraction of sp³-hybridized carbons (Fsp3) is 0.273. The van der Waals surface area contributed by atoms with E-state index in [1.54, 1.807) is 0 Å². The third kappa shape index (κ3) is 5.83. The molecule has 0 saturated carbocycles. The second-order valence-corrected chi connectivity index (χ2v) is 6.90. The molecule has 2 heterocycles. The highest BCUT2D eigenvalue weighted by Crippen LogP contribution is 2.04. The van der Waals surface area contributed by atoms with Crippen molar-refractivity contribution in [2.24, 2.45) is 0 Å². The average Bonchev–Trinajstić information content (AvgIpc) is 3.39. The van der Waals surface area contributed by atoms with Crippen molar-refractivity contribution in [2.45, 2.75) is 25.9 Å². The first kappa shape index (κ1) is 19.0. The lowest BCUT2D eigenvalue weighted by molar-refractivity contribution is 0.139. The molecule has 0 N–H and O–H groups in total. The van der Waals surface area contributed by atoms with Crippen molar-refractivity contribution >= 4 is 0 Å². The van der Waals surface area contributed by atoms with Gasteiger partial charge in [0.25, 0.3) is 0 Å². The first-order valence-electron chi connectivity index (χ1n) is 9.79. The van der Waals surface area contributed by atoms with Crippen molar-refractivity contribution in [1.29, 1.82) is 0 Å². The third-order valence-electron chi connectivity index (χ3n) is 4.55. The molecular formula is C22H24N6O. The number of hydrogen-bond acceptors (Lipinski definition) is 5. The van der Waals surface area contributed by atoms with E-state index in [9.17, 15) is 0 Å². The summed E-state index contributed by atoms with van der Waals surface area (Å²) in [7, 11) is 0. The Morgan fingerprint density at radius 2 is 1.07 bits per heavy atom. The van der Waals surface area contributed by atoms with Gasteiger partial charge in [-0.1, -0.05) is 71.1 Å². The summed E-state index contributed by atoms with van der Waals surface area (Å²) in [5, 5.41) is 16.8. The van der Waals surface area contributed by atoms with Gasteiger partial charge in [0.2, 0.25) is 0 Å². The summed E-state index contributed by atoms with van der Waals surface area (Å²) >= 11 is 0. The van der Waals surface area contributed by atoms with E-state index in [0.717, 1.165) is 37.3 Å². The normalized spacial score (nSPS) is 11.0. The van der Waals surface area contributed by atoms with Gasteiger partial charge in [-0.25, -0.2) is 9.36 Å². The zero-order valence-corrected chi connectivity index (χ0v) is 16.3. The maximum absolute atomic E-state index is 5.74. The number of nitrogens with zero attached hydrogens (tertiary/aromatic N) is 6. The summed E-state index contributed by atoms with van der Waals surface area (Å²) < 4.78 is 9.46. The van der Waals surface area contributed by atoms with Crippen LogP contribution in [0.2, 0.25) is 0 Å². The highest BCUT2D eigenvalue weighted by atomic mass is 16.5. The fourth-order valence-electron chi connectivity index (χ4n) is 3.06. The van der Waals surface area contributed by atoms with Crippen LogP contribution in [0.5, 0.6) is 0 Å². The Kier molecular flexibility index (Phi) is 6.39. The molecule has 4 aromatic rings. The second kappa shape index (κ2) is 9.75. The van der Waals surface area contributed by atoms with Gasteiger partial charge in [-0.3, -0.25) is 0 Å². The van der Waals surface area contributed by atoms with E-state index in [0.29, 0.717) is 13.2 Å². The van der Waals surface area contributed by atoms with Gasteiger partial charge < -0.3 is 4.74 Å². The van der Waals surface area contributed by atoms with Crippen LogP contribution in [0.15, 0.2) is 73.1 Å². The first-order valence-corrected chi connectivity index (χ1v) is 9.79. The van der Waals surface area contributed by atoms with Gasteiger partial charge in [0.15, 0.2) is 0 Å². The minimum absolute atomic E-state index is 0.613.